The molecule has 0 heterocycles. The summed E-state index contributed by atoms with van der Waals surface area (Å²) in [5.41, 5.74) is 1.90. The van der Waals surface area contributed by atoms with Crippen LogP contribution in [0.15, 0.2) is 48.5 Å². The van der Waals surface area contributed by atoms with E-state index in [1.54, 1.807) is 0 Å². The summed E-state index contributed by atoms with van der Waals surface area (Å²) in [6.45, 7) is 1.96. The van der Waals surface area contributed by atoms with Crippen molar-refractivity contribution in [3.05, 3.63) is 59.7 Å². The first-order valence-corrected chi connectivity index (χ1v) is 6.93. The number of amides is 1. The summed E-state index contributed by atoms with van der Waals surface area (Å²) in [7, 11) is 0. The summed E-state index contributed by atoms with van der Waals surface area (Å²) in [6, 6.07) is 13.5. The first-order valence-electron chi connectivity index (χ1n) is 6.93. The van der Waals surface area contributed by atoms with Crippen LogP contribution in [0.1, 0.15) is 22.8 Å². The van der Waals surface area contributed by atoms with Gasteiger partial charge in [0, 0.05) is 5.69 Å². The van der Waals surface area contributed by atoms with Gasteiger partial charge in [0.2, 0.25) is 0 Å². The van der Waals surface area contributed by atoms with Crippen molar-refractivity contribution in [1.29, 1.82) is 0 Å². The number of benzene rings is 2. The number of hydrogen-bond acceptors (Lipinski definition) is 3. The highest BCUT2D eigenvalue weighted by Crippen LogP contribution is 2.13. The van der Waals surface area contributed by atoms with Gasteiger partial charge in [-0.15, -0.1) is 0 Å². The molecule has 0 aliphatic carbocycles. The Labute approximate surface area is 128 Å². The second-order valence-electron chi connectivity index (χ2n) is 4.72. The van der Waals surface area contributed by atoms with Crippen molar-refractivity contribution >= 4 is 17.6 Å². The maximum atomic E-state index is 11.8. The van der Waals surface area contributed by atoms with Crippen LogP contribution < -0.4 is 10.1 Å². The lowest BCUT2D eigenvalue weighted by Gasteiger charge is -2.08. The van der Waals surface area contributed by atoms with Crippen LogP contribution in [-0.2, 0) is 11.2 Å². The molecule has 0 radical (unpaired) electrons. The van der Waals surface area contributed by atoms with Crippen molar-refractivity contribution in [2.75, 3.05) is 11.9 Å². The van der Waals surface area contributed by atoms with Crippen LogP contribution in [0, 0.1) is 0 Å². The molecular weight excluding hydrogens is 282 g/mol. The van der Waals surface area contributed by atoms with Crippen LogP contribution in [-0.4, -0.2) is 23.6 Å². The number of anilines is 1. The molecule has 0 aliphatic rings. The highest BCUT2D eigenvalue weighted by molar-refractivity contribution is 5.93. The molecule has 5 heteroatoms. The number of carbonyl (C=O) groups is 2. The molecule has 0 bridgehead atoms. The van der Waals surface area contributed by atoms with Crippen molar-refractivity contribution in [1.82, 2.24) is 0 Å². The molecular formula is C17H17NO4. The van der Waals surface area contributed by atoms with E-state index in [1.165, 1.54) is 29.8 Å². The zero-order chi connectivity index (χ0) is 15.9. The SMILES string of the molecule is CCc1ccc(OCC(=O)Nc2ccc(C(=O)O)cc2)cc1. The van der Waals surface area contributed by atoms with Crippen LogP contribution in [0.25, 0.3) is 0 Å². The number of rotatable bonds is 6. The Balaban J connectivity index is 1.85. The average molecular weight is 299 g/mol. The van der Waals surface area contributed by atoms with E-state index in [2.05, 4.69) is 12.2 Å². The molecule has 0 atom stereocenters. The van der Waals surface area contributed by atoms with Crippen LogP contribution in [0.3, 0.4) is 0 Å². The molecule has 0 spiro atoms. The molecule has 0 aromatic heterocycles. The molecule has 0 fully saturated rings. The minimum absolute atomic E-state index is 0.105. The monoisotopic (exact) mass is 299 g/mol. The predicted molar refractivity (Wildman–Crippen MR) is 83.3 cm³/mol. The Morgan fingerprint density at radius 2 is 1.68 bits per heavy atom. The van der Waals surface area contributed by atoms with Crippen molar-refractivity contribution in [3.8, 4) is 5.75 Å². The number of aryl methyl sites for hydroxylation is 1. The fraction of sp³-hybridized carbons (Fsp3) is 0.176. The van der Waals surface area contributed by atoms with Gasteiger partial charge < -0.3 is 15.2 Å². The Morgan fingerprint density at radius 1 is 1.05 bits per heavy atom. The lowest BCUT2D eigenvalue weighted by Crippen LogP contribution is -2.20. The van der Waals surface area contributed by atoms with Gasteiger partial charge in [-0.1, -0.05) is 19.1 Å². The summed E-state index contributed by atoms with van der Waals surface area (Å²) in [5, 5.41) is 11.4. The first kappa shape index (κ1) is 15.6. The third-order valence-corrected chi connectivity index (χ3v) is 3.12. The predicted octanol–water partition coefficient (Wildman–Crippen LogP) is 2.96. The van der Waals surface area contributed by atoms with Gasteiger partial charge in [-0.3, -0.25) is 4.79 Å². The average Bonchev–Trinajstić information content (AvgIpc) is 2.54. The van der Waals surface area contributed by atoms with Crippen molar-refractivity contribution in [2.24, 2.45) is 0 Å². The highest BCUT2D eigenvalue weighted by Gasteiger charge is 2.06. The summed E-state index contributed by atoms with van der Waals surface area (Å²) in [5.74, 6) is -0.673. The molecule has 0 aliphatic heterocycles. The molecule has 2 aromatic rings. The summed E-state index contributed by atoms with van der Waals surface area (Å²) in [4.78, 5) is 22.5. The van der Waals surface area contributed by atoms with Gasteiger partial charge in [0.1, 0.15) is 5.75 Å². The van der Waals surface area contributed by atoms with E-state index in [1.807, 2.05) is 24.3 Å². The van der Waals surface area contributed by atoms with Gasteiger partial charge in [-0.25, -0.2) is 4.79 Å². The second kappa shape index (κ2) is 7.26. The van der Waals surface area contributed by atoms with Crippen LogP contribution >= 0.6 is 0 Å². The Hall–Kier alpha value is -2.82. The maximum Gasteiger partial charge on any atom is 0.335 e. The molecule has 0 saturated carbocycles. The largest absolute Gasteiger partial charge is 0.484 e. The molecule has 0 unspecified atom stereocenters. The minimum atomic E-state index is -1.00. The van der Waals surface area contributed by atoms with E-state index in [-0.39, 0.29) is 18.1 Å². The molecule has 0 saturated heterocycles. The molecule has 1 amide bonds. The summed E-state index contributed by atoms with van der Waals surface area (Å²) >= 11 is 0. The van der Waals surface area contributed by atoms with Gasteiger partial charge in [0.25, 0.3) is 5.91 Å². The standard InChI is InChI=1S/C17H17NO4/c1-2-12-3-9-15(10-4-12)22-11-16(19)18-14-7-5-13(6-8-14)17(20)21/h3-10H,2,11H2,1H3,(H,18,19)(H,20,21). The molecule has 2 aromatic carbocycles. The highest BCUT2D eigenvalue weighted by atomic mass is 16.5. The number of carboxylic acid groups (broad SMARTS) is 1. The third-order valence-electron chi connectivity index (χ3n) is 3.12. The van der Waals surface area contributed by atoms with Gasteiger partial charge in [-0.05, 0) is 48.4 Å². The third kappa shape index (κ3) is 4.34. The number of hydrogen-bond donors (Lipinski definition) is 2. The molecule has 114 valence electrons. The minimum Gasteiger partial charge on any atom is -0.484 e. The van der Waals surface area contributed by atoms with Gasteiger partial charge >= 0.3 is 5.97 Å². The number of ether oxygens (including phenoxy) is 1. The first-order chi connectivity index (χ1) is 10.6. The lowest BCUT2D eigenvalue weighted by molar-refractivity contribution is -0.118. The fourth-order valence-electron chi connectivity index (χ4n) is 1.86. The topological polar surface area (TPSA) is 75.6 Å². The smallest absolute Gasteiger partial charge is 0.335 e. The van der Waals surface area contributed by atoms with E-state index >= 15 is 0 Å². The zero-order valence-corrected chi connectivity index (χ0v) is 12.2. The van der Waals surface area contributed by atoms with Gasteiger partial charge in [0.05, 0.1) is 5.56 Å². The van der Waals surface area contributed by atoms with Crippen LogP contribution in [0.4, 0.5) is 5.69 Å². The number of nitrogens with one attached hydrogen (secondary N) is 1. The molecule has 22 heavy (non-hydrogen) atoms. The van der Waals surface area contributed by atoms with E-state index in [0.29, 0.717) is 11.4 Å². The van der Waals surface area contributed by atoms with E-state index in [4.69, 9.17) is 9.84 Å². The normalized spacial score (nSPS) is 10.0. The van der Waals surface area contributed by atoms with Gasteiger partial charge in [-0.2, -0.15) is 0 Å². The zero-order valence-electron chi connectivity index (χ0n) is 12.2. The Bertz CT molecular complexity index is 647. The molecule has 5 nitrogen and oxygen atoms in total. The summed E-state index contributed by atoms with van der Waals surface area (Å²) < 4.78 is 5.40. The number of carbonyl (C=O) groups excluding carboxylic acids is 1. The van der Waals surface area contributed by atoms with E-state index in [0.717, 1.165) is 6.42 Å². The Kier molecular flexibility index (Phi) is 5.14. The van der Waals surface area contributed by atoms with Crippen molar-refractivity contribution in [3.63, 3.8) is 0 Å². The van der Waals surface area contributed by atoms with Crippen LogP contribution in [0.5, 0.6) is 5.75 Å². The van der Waals surface area contributed by atoms with Crippen molar-refractivity contribution in [2.45, 2.75) is 13.3 Å². The summed E-state index contributed by atoms with van der Waals surface area (Å²) in [6.07, 6.45) is 0.951. The van der Waals surface area contributed by atoms with Gasteiger partial charge in [0.15, 0.2) is 6.61 Å². The number of aromatic carboxylic acids is 1. The maximum absolute atomic E-state index is 11.8. The molecule has 2 rings (SSSR count). The van der Waals surface area contributed by atoms with E-state index in [9.17, 15) is 9.59 Å². The molecule has 2 N–H and O–H groups in total. The lowest BCUT2D eigenvalue weighted by atomic mass is 10.2. The second-order valence-corrected chi connectivity index (χ2v) is 4.72. The quantitative estimate of drug-likeness (QED) is 0.860. The fourth-order valence-corrected chi connectivity index (χ4v) is 1.86. The van der Waals surface area contributed by atoms with E-state index < -0.39 is 5.97 Å². The van der Waals surface area contributed by atoms with Crippen LogP contribution in [0.2, 0.25) is 0 Å². The van der Waals surface area contributed by atoms with Crippen molar-refractivity contribution < 1.29 is 19.4 Å². The Morgan fingerprint density at radius 3 is 2.23 bits per heavy atom. The number of carboxylic acids is 1.